The van der Waals surface area contributed by atoms with Gasteiger partial charge in [0, 0.05) is 20.0 Å². The normalized spacial score (nSPS) is 17.2. The number of carbonyl (C=O) groups is 2. The summed E-state index contributed by atoms with van der Waals surface area (Å²) in [6.07, 6.45) is -4.39. The highest BCUT2D eigenvalue weighted by Crippen LogP contribution is 2.17. The summed E-state index contributed by atoms with van der Waals surface area (Å²) in [4.78, 5) is 23.2. The fourth-order valence-corrected chi connectivity index (χ4v) is 1.23. The first-order valence-corrected chi connectivity index (χ1v) is 4.39. The van der Waals surface area contributed by atoms with Gasteiger partial charge in [-0.05, 0) is 0 Å². The lowest BCUT2D eigenvalue weighted by molar-refractivity contribution is -0.148. The monoisotopic (exact) mass is 224 g/mol. The Morgan fingerprint density at radius 3 is 2.33 bits per heavy atom. The van der Waals surface area contributed by atoms with Crippen LogP contribution >= 0.6 is 0 Å². The first-order valence-electron chi connectivity index (χ1n) is 4.39. The van der Waals surface area contributed by atoms with Crippen LogP contribution in [-0.4, -0.2) is 42.5 Å². The molecule has 0 aromatic rings. The van der Waals surface area contributed by atoms with Crippen molar-refractivity contribution in [2.24, 2.45) is 5.92 Å². The van der Waals surface area contributed by atoms with E-state index in [0.29, 0.717) is 0 Å². The van der Waals surface area contributed by atoms with Crippen LogP contribution in [0.4, 0.5) is 13.2 Å². The zero-order valence-electron chi connectivity index (χ0n) is 8.10. The third-order valence-corrected chi connectivity index (χ3v) is 2.16. The second-order valence-corrected chi connectivity index (χ2v) is 3.45. The average Bonchev–Trinajstić information content (AvgIpc) is 1.95. The van der Waals surface area contributed by atoms with Gasteiger partial charge >= 0.3 is 6.18 Å². The minimum absolute atomic E-state index is 0.171. The Labute approximate surface area is 84.4 Å². The fraction of sp³-hybridized carbons (Fsp3) is 0.750. The fourth-order valence-electron chi connectivity index (χ4n) is 1.23. The lowest BCUT2D eigenvalue weighted by atomic mass is 9.99. The van der Waals surface area contributed by atoms with Gasteiger partial charge in [0.15, 0.2) is 0 Å². The van der Waals surface area contributed by atoms with Gasteiger partial charge in [-0.2, -0.15) is 13.2 Å². The van der Waals surface area contributed by atoms with E-state index in [9.17, 15) is 22.8 Å². The molecule has 0 spiro atoms. The third kappa shape index (κ3) is 3.41. The maximum atomic E-state index is 11.7. The van der Waals surface area contributed by atoms with Crippen LogP contribution in [0, 0.1) is 5.92 Å². The first kappa shape index (κ1) is 11.8. The van der Waals surface area contributed by atoms with E-state index >= 15 is 0 Å². The number of likely N-dealkylation sites (tertiary alicyclic amines) is 1. The number of hydrogen-bond acceptors (Lipinski definition) is 2. The predicted molar refractivity (Wildman–Crippen MR) is 44.8 cm³/mol. The van der Waals surface area contributed by atoms with Gasteiger partial charge in [0.2, 0.25) is 11.8 Å². The van der Waals surface area contributed by atoms with E-state index in [1.165, 1.54) is 11.8 Å². The Morgan fingerprint density at radius 2 is 1.93 bits per heavy atom. The Hall–Kier alpha value is -1.27. The molecule has 1 aliphatic heterocycles. The highest BCUT2D eigenvalue weighted by Gasteiger charge is 2.36. The van der Waals surface area contributed by atoms with Crippen LogP contribution in [0.2, 0.25) is 0 Å². The maximum Gasteiger partial charge on any atom is 0.405 e. The van der Waals surface area contributed by atoms with Crippen LogP contribution in [0.3, 0.4) is 0 Å². The highest BCUT2D eigenvalue weighted by molar-refractivity contribution is 5.83. The summed E-state index contributed by atoms with van der Waals surface area (Å²) in [5, 5.41) is 1.78. The van der Waals surface area contributed by atoms with E-state index in [-0.39, 0.29) is 19.0 Å². The van der Waals surface area contributed by atoms with Crippen LogP contribution in [0.5, 0.6) is 0 Å². The summed E-state index contributed by atoms with van der Waals surface area (Å²) < 4.78 is 35.2. The molecule has 1 heterocycles. The van der Waals surface area contributed by atoms with E-state index in [0.717, 1.165) is 0 Å². The van der Waals surface area contributed by atoms with Crippen molar-refractivity contribution in [3.63, 3.8) is 0 Å². The van der Waals surface area contributed by atoms with E-state index in [2.05, 4.69) is 0 Å². The molecule has 7 heteroatoms. The zero-order chi connectivity index (χ0) is 11.6. The molecule has 0 saturated carbocycles. The molecule has 1 saturated heterocycles. The smallest absolute Gasteiger partial charge is 0.347 e. The number of carbonyl (C=O) groups excluding carboxylic acids is 2. The van der Waals surface area contributed by atoms with E-state index in [1.54, 1.807) is 5.32 Å². The number of hydrogen-bond donors (Lipinski definition) is 1. The Kier molecular flexibility index (Phi) is 3.21. The molecular weight excluding hydrogens is 213 g/mol. The van der Waals surface area contributed by atoms with Crippen LogP contribution in [0.25, 0.3) is 0 Å². The Bertz CT molecular complexity index is 272. The van der Waals surface area contributed by atoms with E-state index < -0.39 is 24.5 Å². The summed E-state index contributed by atoms with van der Waals surface area (Å²) in [5.74, 6) is -1.32. The van der Waals surface area contributed by atoms with Crippen molar-refractivity contribution >= 4 is 11.8 Å². The summed E-state index contributed by atoms with van der Waals surface area (Å²) in [7, 11) is 0. The molecule has 86 valence electrons. The second kappa shape index (κ2) is 4.08. The molecule has 0 unspecified atom stereocenters. The molecule has 1 aliphatic rings. The van der Waals surface area contributed by atoms with Crippen molar-refractivity contribution in [1.82, 2.24) is 10.2 Å². The summed E-state index contributed by atoms with van der Waals surface area (Å²) in [6.45, 7) is 0.449. The summed E-state index contributed by atoms with van der Waals surface area (Å²) >= 11 is 0. The lowest BCUT2D eigenvalue weighted by Gasteiger charge is -2.37. The molecule has 0 bridgehead atoms. The third-order valence-electron chi connectivity index (χ3n) is 2.16. The molecule has 0 aliphatic carbocycles. The minimum atomic E-state index is -4.39. The van der Waals surface area contributed by atoms with Crippen molar-refractivity contribution in [1.29, 1.82) is 0 Å². The Morgan fingerprint density at radius 1 is 1.40 bits per heavy atom. The topological polar surface area (TPSA) is 49.4 Å². The first-order chi connectivity index (χ1) is 6.79. The summed E-state index contributed by atoms with van der Waals surface area (Å²) in [5.41, 5.74) is 0. The number of halogens is 3. The van der Waals surface area contributed by atoms with Gasteiger partial charge in [-0.1, -0.05) is 0 Å². The van der Waals surface area contributed by atoms with Gasteiger partial charge < -0.3 is 10.2 Å². The van der Waals surface area contributed by atoms with Crippen molar-refractivity contribution in [2.45, 2.75) is 13.1 Å². The number of nitrogens with zero attached hydrogens (tertiary/aromatic N) is 1. The van der Waals surface area contributed by atoms with Gasteiger partial charge in [0.05, 0.1) is 5.92 Å². The maximum absolute atomic E-state index is 11.7. The predicted octanol–water partition coefficient (Wildman–Crippen LogP) is 0.143. The Balaban J connectivity index is 2.24. The van der Waals surface area contributed by atoms with Crippen molar-refractivity contribution < 1.29 is 22.8 Å². The van der Waals surface area contributed by atoms with Crippen LogP contribution in [-0.2, 0) is 9.59 Å². The number of nitrogens with one attached hydrogen (secondary N) is 1. The number of amides is 2. The molecule has 15 heavy (non-hydrogen) atoms. The molecule has 1 N–H and O–H groups in total. The molecular formula is C8H11F3N2O2. The summed E-state index contributed by atoms with van der Waals surface area (Å²) in [6, 6.07) is 0. The molecule has 0 atom stereocenters. The van der Waals surface area contributed by atoms with Gasteiger partial charge in [-0.3, -0.25) is 9.59 Å². The lowest BCUT2D eigenvalue weighted by Crippen LogP contribution is -2.55. The highest BCUT2D eigenvalue weighted by atomic mass is 19.4. The zero-order valence-corrected chi connectivity index (χ0v) is 8.10. The van der Waals surface area contributed by atoms with Crippen molar-refractivity contribution in [3.05, 3.63) is 0 Å². The van der Waals surface area contributed by atoms with Crippen molar-refractivity contribution in [2.75, 3.05) is 19.6 Å². The van der Waals surface area contributed by atoms with Crippen LogP contribution in [0.15, 0.2) is 0 Å². The molecule has 2 amide bonds. The molecule has 1 fully saturated rings. The molecule has 1 rings (SSSR count). The quantitative estimate of drug-likeness (QED) is 0.725. The van der Waals surface area contributed by atoms with Gasteiger partial charge in [0.1, 0.15) is 6.54 Å². The number of rotatable bonds is 2. The largest absolute Gasteiger partial charge is 0.405 e. The molecule has 4 nitrogen and oxygen atoms in total. The van der Waals surface area contributed by atoms with Crippen LogP contribution in [0.1, 0.15) is 6.92 Å². The molecule has 0 aromatic carbocycles. The average molecular weight is 224 g/mol. The van der Waals surface area contributed by atoms with Gasteiger partial charge in [0.25, 0.3) is 0 Å². The molecule has 0 radical (unpaired) electrons. The van der Waals surface area contributed by atoms with Gasteiger partial charge in [-0.15, -0.1) is 0 Å². The van der Waals surface area contributed by atoms with E-state index in [4.69, 9.17) is 0 Å². The minimum Gasteiger partial charge on any atom is -0.347 e. The van der Waals surface area contributed by atoms with Crippen molar-refractivity contribution in [3.8, 4) is 0 Å². The SMILES string of the molecule is CC(=O)N1CC(C(=O)NCC(F)(F)F)C1. The number of alkyl halides is 3. The molecule has 0 aromatic heterocycles. The van der Waals surface area contributed by atoms with Crippen LogP contribution < -0.4 is 5.32 Å². The standard InChI is InChI=1S/C8H11F3N2O2/c1-5(14)13-2-6(3-13)7(15)12-4-8(9,10)11/h6H,2-4H2,1H3,(H,12,15). The van der Waals surface area contributed by atoms with E-state index in [1.807, 2.05) is 0 Å². The van der Waals surface area contributed by atoms with Gasteiger partial charge in [-0.25, -0.2) is 0 Å². The second-order valence-electron chi connectivity index (χ2n) is 3.45.